The number of benzene rings is 2. The first-order valence-electron chi connectivity index (χ1n) is 9.87. The van der Waals surface area contributed by atoms with Crippen LogP contribution in [0, 0.1) is 6.92 Å². The van der Waals surface area contributed by atoms with Crippen molar-refractivity contribution >= 4 is 38.1 Å². The Hall–Kier alpha value is -2.98. The van der Waals surface area contributed by atoms with Gasteiger partial charge >= 0.3 is 0 Å². The molecule has 0 atom stereocenters. The fourth-order valence-electron chi connectivity index (χ4n) is 2.96. The molecule has 1 aliphatic rings. The molecule has 0 spiro atoms. The van der Waals surface area contributed by atoms with Crippen LogP contribution in [0.2, 0.25) is 0 Å². The number of anilines is 2. The third-order valence-electron chi connectivity index (χ3n) is 4.77. The van der Waals surface area contributed by atoms with E-state index in [-0.39, 0.29) is 10.5 Å². The molecule has 4 rings (SSSR count). The van der Waals surface area contributed by atoms with Gasteiger partial charge < -0.3 is 4.74 Å². The minimum absolute atomic E-state index is 0.00642. The summed E-state index contributed by atoms with van der Waals surface area (Å²) in [5.74, 6) is 0.683. The third-order valence-corrected chi connectivity index (χ3v) is 7.15. The molecule has 1 fully saturated rings. The van der Waals surface area contributed by atoms with Gasteiger partial charge in [0.05, 0.1) is 11.5 Å². The second-order valence-corrected chi connectivity index (χ2v) is 9.90. The average Bonchev–Trinajstić information content (AvgIpc) is 3.49. The van der Waals surface area contributed by atoms with Crippen molar-refractivity contribution in [1.82, 2.24) is 10.2 Å². The third kappa shape index (κ3) is 5.02. The Morgan fingerprint density at radius 3 is 2.58 bits per heavy atom. The maximum atomic E-state index is 12.8. The highest BCUT2D eigenvalue weighted by molar-refractivity contribution is 7.92. The molecule has 8 nitrogen and oxygen atoms in total. The van der Waals surface area contributed by atoms with Crippen LogP contribution in [-0.2, 0) is 10.0 Å². The number of amides is 1. The highest BCUT2D eigenvalue weighted by Gasteiger charge is 2.28. The first-order valence-corrected chi connectivity index (χ1v) is 12.2. The van der Waals surface area contributed by atoms with Crippen LogP contribution in [0.15, 0.2) is 47.4 Å². The summed E-state index contributed by atoms with van der Waals surface area (Å²) in [6.07, 6.45) is 2.20. The minimum atomic E-state index is -3.88. The van der Waals surface area contributed by atoms with Crippen molar-refractivity contribution < 1.29 is 17.9 Å². The minimum Gasteiger partial charge on any atom is -0.494 e. The standard InChI is InChI=1S/C21H22N4O4S2/c1-3-29-16-9-7-15(8-10-16)25-31(27,28)17-11-4-13(2)18(12-17)19(26)22-21-24-23-20(30-21)14-5-6-14/h4,7-12,14,25H,3,5-6H2,1-2H3,(H,22,24,26). The van der Waals surface area contributed by atoms with Crippen LogP contribution >= 0.6 is 11.3 Å². The average molecular weight is 459 g/mol. The quantitative estimate of drug-likeness (QED) is 0.524. The maximum absolute atomic E-state index is 12.8. The maximum Gasteiger partial charge on any atom is 0.261 e. The molecule has 3 aromatic rings. The monoisotopic (exact) mass is 458 g/mol. The fourth-order valence-corrected chi connectivity index (χ4v) is 4.95. The van der Waals surface area contributed by atoms with Crippen molar-refractivity contribution in [2.24, 2.45) is 0 Å². The van der Waals surface area contributed by atoms with Crippen LogP contribution in [0.1, 0.15) is 46.6 Å². The molecule has 1 amide bonds. The van der Waals surface area contributed by atoms with Crippen molar-refractivity contribution in [3.05, 3.63) is 58.6 Å². The number of hydrogen-bond acceptors (Lipinski definition) is 7. The number of aryl methyl sites for hydroxylation is 1. The van der Waals surface area contributed by atoms with Crippen LogP contribution in [0.3, 0.4) is 0 Å². The van der Waals surface area contributed by atoms with E-state index < -0.39 is 15.9 Å². The highest BCUT2D eigenvalue weighted by atomic mass is 32.2. The Labute approximate surface area is 184 Å². The van der Waals surface area contributed by atoms with Gasteiger partial charge in [-0.3, -0.25) is 14.8 Å². The molecule has 1 aromatic heterocycles. The van der Waals surface area contributed by atoms with Gasteiger partial charge in [-0.15, -0.1) is 10.2 Å². The van der Waals surface area contributed by atoms with Gasteiger partial charge in [0.2, 0.25) is 5.13 Å². The largest absolute Gasteiger partial charge is 0.494 e. The van der Waals surface area contributed by atoms with E-state index in [1.165, 1.54) is 23.5 Å². The summed E-state index contributed by atoms with van der Waals surface area (Å²) in [6, 6.07) is 11.1. The van der Waals surface area contributed by atoms with Gasteiger partial charge in [0.15, 0.2) is 0 Å². The van der Waals surface area contributed by atoms with E-state index in [1.807, 2.05) is 6.92 Å². The van der Waals surface area contributed by atoms with Gasteiger partial charge in [0.1, 0.15) is 10.8 Å². The SMILES string of the molecule is CCOc1ccc(NS(=O)(=O)c2ccc(C)c(C(=O)Nc3nnc(C4CC4)s3)c2)cc1. The topological polar surface area (TPSA) is 110 Å². The molecule has 31 heavy (non-hydrogen) atoms. The molecule has 0 bridgehead atoms. The van der Waals surface area contributed by atoms with Gasteiger partial charge in [-0.2, -0.15) is 0 Å². The number of sulfonamides is 1. The lowest BCUT2D eigenvalue weighted by atomic mass is 10.1. The van der Waals surface area contributed by atoms with Gasteiger partial charge in [0, 0.05) is 17.2 Å². The van der Waals surface area contributed by atoms with E-state index in [4.69, 9.17) is 4.74 Å². The fraction of sp³-hybridized carbons (Fsp3) is 0.286. The van der Waals surface area contributed by atoms with Crippen molar-refractivity contribution in [2.45, 2.75) is 37.5 Å². The van der Waals surface area contributed by atoms with Crippen molar-refractivity contribution in [3.63, 3.8) is 0 Å². The molecule has 10 heteroatoms. The molecular weight excluding hydrogens is 436 g/mol. The number of carbonyl (C=O) groups is 1. The lowest BCUT2D eigenvalue weighted by Gasteiger charge is -2.11. The van der Waals surface area contributed by atoms with E-state index in [0.29, 0.717) is 34.7 Å². The Morgan fingerprint density at radius 1 is 1.16 bits per heavy atom. The molecule has 1 heterocycles. The van der Waals surface area contributed by atoms with Crippen LogP contribution < -0.4 is 14.8 Å². The van der Waals surface area contributed by atoms with Crippen LogP contribution in [0.5, 0.6) is 5.75 Å². The van der Waals surface area contributed by atoms with E-state index >= 15 is 0 Å². The molecule has 0 unspecified atom stereocenters. The Morgan fingerprint density at radius 2 is 1.90 bits per heavy atom. The second-order valence-electron chi connectivity index (χ2n) is 7.21. The van der Waals surface area contributed by atoms with Crippen LogP contribution in [0.4, 0.5) is 10.8 Å². The van der Waals surface area contributed by atoms with Gasteiger partial charge in [-0.05, 0) is 68.7 Å². The molecule has 2 aromatic carbocycles. The molecule has 1 saturated carbocycles. The lowest BCUT2D eigenvalue weighted by Crippen LogP contribution is -2.17. The molecular formula is C21H22N4O4S2. The number of nitrogens with one attached hydrogen (secondary N) is 2. The van der Waals surface area contributed by atoms with Gasteiger partial charge in [0.25, 0.3) is 15.9 Å². The van der Waals surface area contributed by atoms with Crippen LogP contribution in [-0.4, -0.2) is 31.1 Å². The highest BCUT2D eigenvalue weighted by Crippen LogP contribution is 2.42. The van der Waals surface area contributed by atoms with Gasteiger partial charge in [-0.1, -0.05) is 17.4 Å². The van der Waals surface area contributed by atoms with E-state index in [2.05, 4.69) is 20.2 Å². The zero-order valence-corrected chi connectivity index (χ0v) is 18.7. The second kappa shape index (κ2) is 8.64. The summed E-state index contributed by atoms with van der Waals surface area (Å²) in [6.45, 7) is 4.15. The summed E-state index contributed by atoms with van der Waals surface area (Å²) in [5.41, 5.74) is 1.32. The lowest BCUT2D eigenvalue weighted by molar-refractivity contribution is 0.102. The van der Waals surface area contributed by atoms with Crippen molar-refractivity contribution in [3.8, 4) is 5.75 Å². The molecule has 162 valence electrons. The number of rotatable bonds is 8. The smallest absolute Gasteiger partial charge is 0.261 e. The number of carbonyl (C=O) groups excluding carboxylic acids is 1. The summed E-state index contributed by atoms with van der Waals surface area (Å²) in [4.78, 5) is 12.8. The molecule has 1 aliphatic carbocycles. The first kappa shape index (κ1) is 21.3. The zero-order chi connectivity index (χ0) is 22.0. The molecule has 0 radical (unpaired) electrons. The predicted octanol–water partition coefficient (Wildman–Crippen LogP) is 4.18. The molecule has 0 aliphatic heterocycles. The Bertz CT molecular complexity index is 1200. The number of hydrogen-bond donors (Lipinski definition) is 2. The van der Waals surface area contributed by atoms with Crippen molar-refractivity contribution in [1.29, 1.82) is 0 Å². The van der Waals surface area contributed by atoms with Gasteiger partial charge in [-0.25, -0.2) is 8.42 Å². The van der Waals surface area contributed by atoms with Crippen LogP contribution in [0.25, 0.3) is 0 Å². The summed E-state index contributed by atoms with van der Waals surface area (Å²) < 4.78 is 33.6. The Kier molecular flexibility index (Phi) is 5.92. The summed E-state index contributed by atoms with van der Waals surface area (Å²) in [5, 5.41) is 12.2. The first-order chi connectivity index (χ1) is 14.9. The normalized spacial score (nSPS) is 13.6. The number of ether oxygens (including phenoxy) is 1. The van der Waals surface area contributed by atoms with E-state index in [9.17, 15) is 13.2 Å². The van der Waals surface area contributed by atoms with Crippen molar-refractivity contribution in [2.75, 3.05) is 16.6 Å². The predicted molar refractivity (Wildman–Crippen MR) is 119 cm³/mol. The summed E-state index contributed by atoms with van der Waals surface area (Å²) in [7, 11) is -3.88. The van der Waals surface area contributed by atoms with E-state index in [0.717, 1.165) is 17.8 Å². The molecule has 0 saturated heterocycles. The number of aromatic nitrogens is 2. The zero-order valence-electron chi connectivity index (χ0n) is 17.1. The number of nitrogens with zero attached hydrogens (tertiary/aromatic N) is 2. The Balaban J connectivity index is 1.51. The van der Waals surface area contributed by atoms with E-state index in [1.54, 1.807) is 37.3 Å². The molecule has 2 N–H and O–H groups in total. The summed E-state index contributed by atoms with van der Waals surface area (Å²) >= 11 is 1.35.